The lowest BCUT2D eigenvalue weighted by Gasteiger charge is -2.06. The molecule has 0 aliphatic carbocycles. The predicted octanol–water partition coefficient (Wildman–Crippen LogP) is 1.22. The average Bonchev–Trinajstić information content (AvgIpc) is 3.31. The fraction of sp³-hybridized carbons (Fsp3) is 0.176. The van der Waals surface area contributed by atoms with E-state index in [1.54, 1.807) is 15.6 Å². The smallest absolute Gasteiger partial charge is 0.267 e. The summed E-state index contributed by atoms with van der Waals surface area (Å²) >= 11 is 0. The maximum absolute atomic E-state index is 11.8. The number of nitrogens with two attached hydrogens (primary N) is 1. The zero-order valence-electron chi connectivity index (χ0n) is 13.3. The number of nitrogens with one attached hydrogen (secondary N) is 1. The molecule has 0 saturated heterocycles. The Morgan fingerprint density at radius 2 is 2.12 bits per heavy atom. The summed E-state index contributed by atoms with van der Waals surface area (Å²) < 4.78 is 1.57. The van der Waals surface area contributed by atoms with Gasteiger partial charge in [-0.05, 0) is 6.07 Å². The molecule has 1 amide bonds. The van der Waals surface area contributed by atoms with E-state index in [9.17, 15) is 4.79 Å². The predicted molar refractivity (Wildman–Crippen MR) is 88.7 cm³/mol. The van der Waals surface area contributed by atoms with Gasteiger partial charge in [-0.25, -0.2) is 0 Å². The van der Waals surface area contributed by atoms with Crippen LogP contribution in [0.15, 0.2) is 36.4 Å². The highest BCUT2D eigenvalue weighted by Crippen LogP contribution is 2.25. The van der Waals surface area contributed by atoms with Crippen molar-refractivity contribution in [2.24, 2.45) is 5.73 Å². The van der Waals surface area contributed by atoms with Crippen LogP contribution < -0.4 is 5.73 Å². The number of nitriles is 1. The van der Waals surface area contributed by atoms with E-state index in [0.29, 0.717) is 31.0 Å². The van der Waals surface area contributed by atoms with Crippen molar-refractivity contribution in [1.29, 1.82) is 5.26 Å². The number of carbonyl (C=O) groups is 1. The van der Waals surface area contributed by atoms with Crippen LogP contribution in [-0.2, 0) is 19.6 Å². The van der Waals surface area contributed by atoms with E-state index in [-0.39, 0.29) is 0 Å². The molecule has 1 aliphatic heterocycles. The number of hydrogen-bond donors (Lipinski definition) is 2. The molecule has 4 rings (SSSR count). The van der Waals surface area contributed by atoms with Crippen LogP contribution in [0.1, 0.15) is 27.4 Å². The van der Waals surface area contributed by atoms with Crippen LogP contribution in [-0.4, -0.2) is 30.8 Å². The van der Waals surface area contributed by atoms with Crippen molar-refractivity contribution in [3.63, 3.8) is 0 Å². The first-order chi connectivity index (χ1) is 12.2. The number of benzene rings is 1. The number of rotatable bonds is 4. The number of hydrogen-bond acceptors (Lipinski definition) is 5. The van der Waals surface area contributed by atoms with Crippen molar-refractivity contribution in [1.82, 2.24) is 24.9 Å². The van der Waals surface area contributed by atoms with Gasteiger partial charge in [0.1, 0.15) is 5.69 Å². The molecule has 1 aliphatic rings. The first-order valence-electron chi connectivity index (χ1n) is 7.78. The molecule has 0 fully saturated rings. The number of amides is 1. The first-order valence-corrected chi connectivity index (χ1v) is 7.78. The van der Waals surface area contributed by atoms with Crippen LogP contribution in [0.25, 0.3) is 11.3 Å². The number of H-pyrrole nitrogens is 1. The summed E-state index contributed by atoms with van der Waals surface area (Å²) in [5, 5.41) is 20.8. The van der Waals surface area contributed by atoms with Crippen molar-refractivity contribution < 1.29 is 4.79 Å². The van der Waals surface area contributed by atoms with Gasteiger partial charge in [-0.2, -0.15) is 15.5 Å². The van der Waals surface area contributed by atoms with Crippen LogP contribution in [0.2, 0.25) is 0 Å². The van der Waals surface area contributed by atoms with Crippen molar-refractivity contribution in [3.05, 3.63) is 59.0 Å². The highest BCUT2D eigenvalue weighted by atomic mass is 16.1. The average molecular weight is 333 g/mol. The molecule has 25 heavy (non-hydrogen) atoms. The molecule has 1 aromatic carbocycles. The Morgan fingerprint density at radius 3 is 2.84 bits per heavy atom. The van der Waals surface area contributed by atoms with Gasteiger partial charge in [0.05, 0.1) is 36.7 Å². The number of carbonyl (C=O) groups excluding carboxylic acids is 1. The van der Waals surface area contributed by atoms with Crippen LogP contribution >= 0.6 is 0 Å². The van der Waals surface area contributed by atoms with Crippen LogP contribution in [0.5, 0.6) is 0 Å². The molecule has 3 N–H and O–H groups in total. The number of aromatic nitrogens is 4. The Kier molecular flexibility index (Phi) is 3.47. The number of aromatic amines is 1. The monoisotopic (exact) mass is 333 g/mol. The summed E-state index contributed by atoms with van der Waals surface area (Å²) in [6.07, 6.45) is 2.13. The fourth-order valence-electron chi connectivity index (χ4n) is 3.03. The van der Waals surface area contributed by atoms with Crippen molar-refractivity contribution in [2.45, 2.75) is 19.6 Å². The van der Waals surface area contributed by atoms with Gasteiger partial charge < -0.3 is 10.6 Å². The van der Waals surface area contributed by atoms with Crippen LogP contribution in [0, 0.1) is 11.5 Å². The van der Waals surface area contributed by atoms with E-state index in [0.717, 1.165) is 22.5 Å². The minimum Gasteiger partial charge on any atom is -0.364 e. The molecule has 8 nitrogen and oxygen atoms in total. The zero-order chi connectivity index (χ0) is 17.4. The van der Waals surface area contributed by atoms with Gasteiger partial charge in [0.15, 0.2) is 6.19 Å². The molecule has 0 unspecified atom stereocenters. The van der Waals surface area contributed by atoms with E-state index in [1.165, 1.54) is 0 Å². The quantitative estimate of drug-likeness (QED) is 0.696. The van der Waals surface area contributed by atoms with Gasteiger partial charge >= 0.3 is 0 Å². The number of fused-ring (bicyclic) bond motifs is 1. The van der Waals surface area contributed by atoms with Gasteiger partial charge in [-0.15, -0.1) is 0 Å². The largest absolute Gasteiger partial charge is 0.364 e. The van der Waals surface area contributed by atoms with Crippen molar-refractivity contribution in [3.8, 4) is 17.5 Å². The Hall–Kier alpha value is -3.60. The lowest BCUT2D eigenvalue weighted by molar-refractivity contribution is 0.0990. The van der Waals surface area contributed by atoms with E-state index >= 15 is 0 Å². The van der Waals surface area contributed by atoms with Gasteiger partial charge in [0.2, 0.25) is 0 Å². The molecule has 124 valence electrons. The van der Waals surface area contributed by atoms with Crippen molar-refractivity contribution >= 4 is 5.91 Å². The van der Waals surface area contributed by atoms with E-state index in [2.05, 4.69) is 21.5 Å². The van der Waals surface area contributed by atoms with E-state index in [1.807, 2.05) is 30.3 Å². The second kappa shape index (κ2) is 5.79. The summed E-state index contributed by atoms with van der Waals surface area (Å²) in [5.74, 6) is -0.541. The van der Waals surface area contributed by atoms with Gasteiger partial charge in [0, 0.05) is 11.1 Å². The van der Waals surface area contributed by atoms with Gasteiger partial charge in [0.25, 0.3) is 5.91 Å². The number of primary amides is 1. The summed E-state index contributed by atoms with van der Waals surface area (Å²) in [5.41, 5.74) is 10.1. The Balaban J connectivity index is 1.69. The minimum atomic E-state index is -0.541. The molecule has 0 bridgehead atoms. The normalized spacial score (nSPS) is 12.8. The molecular formula is C17H15N7O. The third-order valence-corrected chi connectivity index (χ3v) is 4.28. The third kappa shape index (κ3) is 2.61. The lowest BCUT2D eigenvalue weighted by atomic mass is 10.1. The highest BCUT2D eigenvalue weighted by molar-refractivity contribution is 5.92. The Labute approximate surface area is 143 Å². The molecule has 0 saturated carbocycles. The zero-order valence-corrected chi connectivity index (χ0v) is 13.3. The summed E-state index contributed by atoms with van der Waals surface area (Å²) in [4.78, 5) is 13.4. The molecule has 0 radical (unpaired) electrons. The third-order valence-electron chi connectivity index (χ3n) is 4.28. The molecule has 3 heterocycles. The summed E-state index contributed by atoms with van der Waals surface area (Å²) in [6, 6.07) is 11.3. The summed E-state index contributed by atoms with van der Waals surface area (Å²) in [6.45, 7) is 1.35. The first kappa shape index (κ1) is 15.0. The SMILES string of the molecule is N#CN1Cc2[nH]nc(Cn3nc(-c4ccccc4)cc3C(N)=O)c2C1. The topological polar surface area (TPSA) is 117 Å². The van der Waals surface area contributed by atoms with Gasteiger partial charge in [-0.3, -0.25) is 14.6 Å². The molecule has 2 aromatic heterocycles. The molecule has 0 atom stereocenters. The van der Waals surface area contributed by atoms with E-state index < -0.39 is 5.91 Å². The summed E-state index contributed by atoms with van der Waals surface area (Å²) in [7, 11) is 0. The Bertz CT molecular complexity index is 980. The molecule has 8 heteroatoms. The molecule has 0 spiro atoms. The molecular weight excluding hydrogens is 318 g/mol. The second-order valence-corrected chi connectivity index (χ2v) is 5.89. The van der Waals surface area contributed by atoms with Crippen molar-refractivity contribution in [2.75, 3.05) is 0 Å². The fourth-order valence-corrected chi connectivity index (χ4v) is 3.03. The minimum absolute atomic E-state index is 0.316. The number of nitrogens with zero attached hydrogens (tertiary/aromatic N) is 5. The van der Waals surface area contributed by atoms with Crippen LogP contribution in [0.3, 0.4) is 0 Å². The Morgan fingerprint density at radius 1 is 1.32 bits per heavy atom. The van der Waals surface area contributed by atoms with E-state index in [4.69, 9.17) is 11.0 Å². The second-order valence-electron chi connectivity index (χ2n) is 5.89. The lowest BCUT2D eigenvalue weighted by Crippen LogP contribution is -2.19. The maximum atomic E-state index is 11.8. The highest BCUT2D eigenvalue weighted by Gasteiger charge is 2.25. The van der Waals surface area contributed by atoms with Gasteiger partial charge in [-0.1, -0.05) is 30.3 Å². The maximum Gasteiger partial charge on any atom is 0.267 e. The standard InChI is InChI=1S/C17H15N7O/c18-10-23-7-12-14(8-23)20-21-15(12)9-24-16(17(19)25)6-13(22-24)11-4-2-1-3-5-11/h1-6H,7-9H2,(H2,19,25)(H,20,21). The van der Waals surface area contributed by atoms with Crippen LogP contribution in [0.4, 0.5) is 0 Å². The molecule has 3 aromatic rings.